The van der Waals surface area contributed by atoms with Crippen molar-refractivity contribution in [3.05, 3.63) is 16.5 Å². The van der Waals surface area contributed by atoms with E-state index in [0.29, 0.717) is 29.6 Å². The topological polar surface area (TPSA) is 61.9 Å². The van der Waals surface area contributed by atoms with Gasteiger partial charge in [-0.05, 0) is 43.7 Å². The molecule has 2 aliphatic rings. The summed E-state index contributed by atoms with van der Waals surface area (Å²) < 4.78 is 5.19. The minimum Gasteiger partial charge on any atom is -0.462 e. The van der Waals surface area contributed by atoms with Gasteiger partial charge < -0.3 is 15.0 Å². The second kappa shape index (κ2) is 7.63. The number of carbonyl (C=O) groups excluding carboxylic acids is 2. The molecule has 1 aromatic rings. The zero-order valence-corrected chi connectivity index (χ0v) is 15.2. The van der Waals surface area contributed by atoms with Gasteiger partial charge in [0.2, 0.25) is 5.91 Å². The second-order valence-electron chi connectivity index (χ2n) is 6.52. The van der Waals surface area contributed by atoms with Crippen molar-refractivity contribution >= 4 is 28.2 Å². The molecule has 0 bridgehead atoms. The van der Waals surface area contributed by atoms with Gasteiger partial charge in [-0.2, -0.15) is 0 Å². The number of ether oxygens (including phenoxy) is 1. The summed E-state index contributed by atoms with van der Waals surface area (Å²) in [7, 11) is 2.09. The lowest BCUT2D eigenvalue weighted by molar-refractivity contribution is -0.117. The van der Waals surface area contributed by atoms with Gasteiger partial charge in [-0.25, -0.2) is 4.79 Å². The van der Waals surface area contributed by atoms with Crippen molar-refractivity contribution in [3.63, 3.8) is 0 Å². The summed E-state index contributed by atoms with van der Waals surface area (Å²) in [5.74, 6) is 0.0637. The molecular weight excluding hydrogens is 326 g/mol. The number of nitrogens with zero attached hydrogens (tertiary/aromatic N) is 2. The number of anilines is 1. The summed E-state index contributed by atoms with van der Waals surface area (Å²) in [4.78, 5) is 29.1. The van der Waals surface area contributed by atoms with E-state index in [1.807, 2.05) is 5.38 Å². The fraction of sp³-hybridized carbons (Fsp3) is 0.647. The van der Waals surface area contributed by atoms with Gasteiger partial charge in [0.15, 0.2) is 0 Å². The number of thiophene rings is 1. The molecule has 1 amide bonds. The molecule has 1 saturated carbocycles. The summed E-state index contributed by atoms with van der Waals surface area (Å²) in [5.41, 5.74) is 1.60. The summed E-state index contributed by atoms with van der Waals surface area (Å²) in [6, 6.07) is 0. The molecule has 1 aromatic heterocycles. The second-order valence-corrected chi connectivity index (χ2v) is 7.40. The molecule has 6 nitrogen and oxygen atoms in total. The van der Waals surface area contributed by atoms with Crippen molar-refractivity contribution in [2.75, 3.05) is 51.7 Å². The highest BCUT2D eigenvalue weighted by Gasteiger charge is 2.32. The molecule has 0 unspecified atom stereocenters. The van der Waals surface area contributed by atoms with Crippen LogP contribution in [0, 0.1) is 0 Å². The van der Waals surface area contributed by atoms with Gasteiger partial charge in [-0.3, -0.25) is 9.69 Å². The highest BCUT2D eigenvalue weighted by Crippen LogP contribution is 2.46. The Bertz CT molecular complexity index is 604. The van der Waals surface area contributed by atoms with Crippen LogP contribution in [0.2, 0.25) is 0 Å². The number of piperazine rings is 1. The maximum Gasteiger partial charge on any atom is 0.341 e. The van der Waals surface area contributed by atoms with Crippen LogP contribution in [-0.4, -0.2) is 68.1 Å². The Kier molecular flexibility index (Phi) is 5.53. The lowest BCUT2D eigenvalue weighted by Crippen LogP contribution is -2.47. The van der Waals surface area contributed by atoms with Crippen molar-refractivity contribution in [1.29, 1.82) is 0 Å². The van der Waals surface area contributed by atoms with Gasteiger partial charge in [-0.1, -0.05) is 0 Å². The normalized spacial score (nSPS) is 19.2. The molecule has 1 N–H and O–H groups in total. The van der Waals surface area contributed by atoms with E-state index in [-0.39, 0.29) is 11.9 Å². The SMILES string of the molecule is CCOC(=O)c1c(C2CC2)csc1NC(=O)CN1CCN(C)CC1. The predicted octanol–water partition coefficient (Wildman–Crippen LogP) is 1.99. The Morgan fingerprint density at radius 1 is 1.29 bits per heavy atom. The van der Waals surface area contributed by atoms with Gasteiger partial charge >= 0.3 is 5.97 Å². The zero-order chi connectivity index (χ0) is 17.1. The maximum absolute atomic E-state index is 12.4. The average Bonchev–Trinajstić information content (AvgIpc) is 3.31. The van der Waals surface area contributed by atoms with Gasteiger partial charge in [0.25, 0.3) is 0 Å². The van der Waals surface area contributed by atoms with Crippen LogP contribution >= 0.6 is 11.3 Å². The first-order valence-corrected chi connectivity index (χ1v) is 9.45. The Hall–Kier alpha value is -1.44. The lowest BCUT2D eigenvalue weighted by atomic mass is 10.1. The quantitative estimate of drug-likeness (QED) is 0.794. The molecule has 132 valence electrons. The van der Waals surface area contributed by atoms with Crippen LogP contribution in [0.3, 0.4) is 0 Å². The third kappa shape index (κ3) is 4.15. The number of hydrogen-bond donors (Lipinski definition) is 1. The molecule has 0 aromatic carbocycles. The molecular formula is C17H25N3O3S. The number of likely N-dealkylation sites (N-methyl/N-ethyl adjacent to an activating group) is 1. The highest BCUT2D eigenvalue weighted by atomic mass is 32.1. The van der Waals surface area contributed by atoms with Gasteiger partial charge in [-0.15, -0.1) is 11.3 Å². The number of rotatable bonds is 6. The molecule has 0 spiro atoms. The number of amides is 1. The fourth-order valence-electron chi connectivity index (χ4n) is 2.95. The fourth-order valence-corrected chi connectivity index (χ4v) is 3.99. The zero-order valence-electron chi connectivity index (χ0n) is 14.3. The van der Waals surface area contributed by atoms with Gasteiger partial charge in [0.1, 0.15) is 5.00 Å². The maximum atomic E-state index is 12.4. The van der Waals surface area contributed by atoms with Crippen LogP contribution in [0.15, 0.2) is 5.38 Å². The molecule has 3 rings (SSSR count). The molecule has 1 aliphatic carbocycles. The van der Waals surface area contributed by atoms with Crippen molar-refractivity contribution in [1.82, 2.24) is 9.80 Å². The third-order valence-electron chi connectivity index (χ3n) is 4.53. The number of carbonyl (C=O) groups is 2. The van der Waals surface area contributed by atoms with Crippen LogP contribution in [-0.2, 0) is 9.53 Å². The Balaban J connectivity index is 1.65. The lowest BCUT2D eigenvalue weighted by Gasteiger charge is -2.31. The molecule has 0 radical (unpaired) electrons. The smallest absolute Gasteiger partial charge is 0.341 e. The van der Waals surface area contributed by atoms with E-state index in [1.54, 1.807) is 6.92 Å². The van der Waals surface area contributed by atoms with Crippen molar-refractivity contribution in [3.8, 4) is 0 Å². The molecule has 2 heterocycles. The van der Waals surface area contributed by atoms with E-state index in [1.165, 1.54) is 11.3 Å². The van der Waals surface area contributed by atoms with E-state index in [9.17, 15) is 9.59 Å². The van der Waals surface area contributed by atoms with Gasteiger partial charge in [0, 0.05) is 26.2 Å². The van der Waals surface area contributed by atoms with Gasteiger partial charge in [0.05, 0.1) is 18.7 Å². The summed E-state index contributed by atoms with van der Waals surface area (Å²) in [5, 5.41) is 5.56. The van der Waals surface area contributed by atoms with E-state index >= 15 is 0 Å². The summed E-state index contributed by atoms with van der Waals surface area (Å²) in [6.07, 6.45) is 2.22. The van der Waals surface area contributed by atoms with Crippen molar-refractivity contribution in [2.45, 2.75) is 25.7 Å². The minimum atomic E-state index is -0.324. The van der Waals surface area contributed by atoms with E-state index < -0.39 is 0 Å². The first kappa shape index (κ1) is 17.4. The first-order chi connectivity index (χ1) is 11.6. The van der Waals surface area contributed by atoms with Crippen LogP contribution < -0.4 is 5.32 Å². The van der Waals surface area contributed by atoms with Crippen LogP contribution in [0.5, 0.6) is 0 Å². The van der Waals surface area contributed by atoms with Crippen molar-refractivity contribution < 1.29 is 14.3 Å². The average molecular weight is 351 g/mol. The molecule has 1 aliphatic heterocycles. The predicted molar refractivity (Wildman–Crippen MR) is 94.8 cm³/mol. The van der Waals surface area contributed by atoms with Crippen LogP contribution in [0.4, 0.5) is 5.00 Å². The minimum absolute atomic E-state index is 0.0608. The highest BCUT2D eigenvalue weighted by molar-refractivity contribution is 7.15. The Morgan fingerprint density at radius 2 is 2.00 bits per heavy atom. The Labute approximate surface area is 146 Å². The number of nitrogens with one attached hydrogen (secondary N) is 1. The van der Waals surface area contributed by atoms with Crippen molar-refractivity contribution in [2.24, 2.45) is 0 Å². The molecule has 1 saturated heterocycles. The molecule has 24 heavy (non-hydrogen) atoms. The number of hydrogen-bond acceptors (Lipinski definition) is 6. The summed E-state index contributed by atoms with van der Waals surface area (Å²) in [6.45, 7) is 6.25. The van der Waals surface area contributed by atoms with Crippen LogP contribution in [0.1, 0.15) is 41.6 Å². The standard InChI is InChI=1S/C17H25N3O3S/c1-3-23-17(22)15-13(12-4-5-12)11-24-16(15)18-14(21)10-20-8-6-19(2)7-9-20/h11-12H,3-10H2,1-2H3,(H,18,21). The first-order valence-electron chi connectivity index (χ1n) is 8.57. The third-order valence-corrected chi connectivity index (χ3v) is 5.45. The largest absolute Gasteiger partial charge is 0.462 e. The number of esters is 1. The summed E-state index contributed by atoms with van der Waals surface area (Å²) >= 11 is 1.43. The Morgan fingerprint density at radius 3 is 2.62 bits per heavy atom. The van der Waals surface area contributed by atoms with Crippen LogP contribution in [0.25, 0.3) is 0 Å². The van der Waals surface area contributed by atoms with E-state index in [2.05, 4.69) is 22.2 Å². The molecule has 2 fully saturated rings. The molecule has 0 atom stereocenters. The monoisotopic (exact) mass is 351 g/mol. The van der Waals surface area contributed by atoms with E-state index in [0.717, 1.165) is 44.6 Å². The van der Waals surface area contributed by atoms with E-state index in [4.69, 9.17) is 4.74 Å². The molecule has 7 heteroatoms.